The average molecular weight is 968 g/mol. The van der Waals surface area contributed by atoms with E-state index in [0.29, 0.717) is 41.8 Å². The van der Waals surface area contributed by atoms with E-state index in [1.54, 1.807) is 34.8 Å². The van der Waals surface area contributed by atoms with Crippen LogP contribution in [0.4, 0.5) is 17.5 Å². The number of aromatic nitrogens is 6. The fourth-order valence-electron chi connectivity index (χ4n) is 10.1. The van der Waals surface area contributed by atoms with Gasteiger partial charge in [0.05, 0.1) is 52.0 Å². The Hall–Kier alpha value is -6.50. The van der Waals surface area contributed by atoms with Crippen molar-refractivity contribution in [3.8, 4) is 27.4 Å². The Balaban J connectivity index is 0.723. The first kappa shape index (κ1) is 46.2. The number of nitrogens with one attached hydrogen (secondary N) is 1. The lowest BCUT2D eigenvalue weighted by atomic mass is 9.91. The second-order valence-electron chi connectivity index (χ2n) is 18.9. The van der Waals surface area contributed by atoms with Crippen molar-refractivity contribution in [1.29, 1.82) is 0 Å². The molecular weight excluding hydrogens is 911 g/mol. The highest BCUT2D eigenvalue weighted by atomic mass is 32.1. The van der Waals surface area contributed by atoms with E-state index >= 15 is 0 Å². The number of phenolic OH excluding ortho intramolecular Hbond substituents is 1. The summed E-state index contributed by atoms with van der Waals surface area (Å²) in [6.45, 7) is 14.6. The number of aliphatic hydroxyl groups excluding tert-OH is 1. The van der Waals surface area contributed by atoms with Crippen molar-refractivity contribution < 1.29 is 24.3 Å². The van der Waals surface area contributed by atoms with Gasteiger partial charge >= 0.3 is 0 Å². The molecule has 7 aromatic rings. The minimum atomic E-state index is -0.817. The molecule has 3 aliphatic rings. The van der Waals surface area contributed by atoms with E-state index in [2.05, 4.69) is 47.3 Å². The predicted octanol–water partition coefficient (Wildman–Crippen LogP) is 7.87. The average Bonchev–Trinajstić information content (AvgIpc) is 4.19. The van der Waals surface area contributed by atoms with Crippen molar-refractivity contribution >= 4 is 62.2 Å². The highest BCUT2D eigenvalue weighted by molar-refractivity contribution is 7.19. The number of aryl methyl sites for hydroxylation is 2. The zero-order valence-corrected chi connectivity index (χ0v) is 41.1. The molecule has 5 aromatic heterocycles. The van der Waals surface area contributed by atoms with E-state index in [4.69, 9.17) is 14.5 Å². The van der Waals surface area contributed by atoms with Gasteiger partial charge in [0, 0.05) is 74.1 Å². The number of thiophene rings is 1. The van der Waals surface area contributed by atoms with Crippen LogP contribution in [0.15, 0.2) is 83.1 Å². The molecule has 69 heavy (non-hydrogen) atoms. The molecule has 2 amide bonds. The number of hydrogen-bond donors (Lipinski definition) is 3. The summed E-state index contributed by atoms with van der Waals surface area (Å²) in [6, 6.07) is 18.1. The summed E-state index contributed by atoms with van der Waals surface area (Å²) in [5.74, 6) is 1.05. The maximum Gasteiger partial charge on any atom is 0.243 e. The summed E-state index contributed by atoms with van der Waals surface area (Å²) >= 11 is 3.32. The number of anilines is 3. The predicted molar refractivity (Wildman–Crippen MR) is 269 cm³/mol. The lowest BCUT2D eigenvalue weighted by Crippen LogP contribution is -2.48. The number of aliphatic hydroxyl groups is 1. The Labute approximate surface area is 409 Å². The molecule has 2 aromatic carbocycles. The van der Waals surface area contributed by atoms with E-state index in [1.165, 1.54) is 15.3 Å². The van der Waals surface area contributed by atoms with Crippen LogP contribution in [0.1, 0.15) is 85.4 Å². The number of amides is 2. The van der Waals surface area contributed by atoms with Crippen molar-refractivity contribution in [2.45, 2.75) is 83.9 Å². The summed E-state index contributed by atoms with van der Waals surface area (Å²) in [5, 5.41) is 38.8. The standard InChI is InChI=1S/C51H57N11O5S2/c1-29(2)45(50(66)62-27-37(63)22-41(62)48(65)55-31(4)33-10-12-34(13-11-33)47-32(5)54-28-68-47)43-24-44(58-67-43)60-20-18-59(19-21-60)36-25-52-51(53-26-36)61-16-14-35(15-17-61)46-30(3)39-23-40(56-57-49(39)69-46)38-8-6-7-9-42(38)64/h6-13,23-26,28-29,31,35,37,41,45,63-64H,14-22,27H2,1-5H3,(H,55,65)/t31-,37+,41-,45+/m0/s1. The summed E-state index contributed by atoms with van der Waals surface area (Å²) in [6.07, 6.45) is 5.15. The van der Waals surface area contributed by atoms with Crippen molar-refractivity contribution in [2.75, 3.05) is 60.5 Å². The number of thiazole rings is 1. The first-order valence-corrected chi connectivity index (χ1v) is 25.5. The molecule has 0 bridgehead atoms. The number of rotatable bonds is 12. The first-order valence-electron chi connectivity index (χ1n) is 23.8. The monoisotopic (exact) mass is 967 g/mol. The van der Waals surface area contributed by atoms with E-state index in [9.17, 15) is 19.8 Å². The number of phenols is 1. The minimum Gasteiger partial charge on any atom is -0.507 e. The number of piperazine rings is 1. The topological polar surface area (TPSA) is 190 Å². The molecule has 358 valence electrons. The second kappa shape index (κ2) is 19.5. The summed E-state index contributed by atoms with van der Waals surface area (Å²) < 4.78 is 5.91. The van der Waals surface area contributed by atoms with E-state index in [1.807, 2.05) is 94.1 Å². The smallest absolute Gasteiger partial charge is 0.243 e. The molecular formula is C51H57N11O5S2. The lowest BCUT2D eigenvalue weighted by molar-refractivity contribution is -0.141. The SMILES string of the molecule is Cc1ncsc1-c1ccc([C@H](C)NC(=O)[C@@H]2C[C@@H](O)CN2C(=O)[C@@H](c2cc(N3CCN(c4cnc(N5CCC(c6sc7nnc(-c8ccccc8O)cc7c6C)CC5)nc4)CC3)no2)C(C)C)cc1. The van der Waals surface area contributed by atoms with Crippen LogP contribution in [0, 0.1) is 19.8 Å². The molecule has 3 N–H and O–H groups in total. The molecule has 8 heterocycles. The second-order valence-corrected chi connectivity index (χ2v) is 20.7. The van der Waals surface area contributed by atoms with Crippen LogP contribution in [0.5, 0.6) is 5.75 Å². The van der Waals surface area contributed by atoms with Gasteiger partial charge in [-0.1, -0.05) is 55.4 Å². The van der Waals surface area contributed by atoms with Gasteiger partial charge in [-0.3, -0.25) is 9.59 Å². The van der Waals surface area contributed by atoms with Gasteiger partial charge in [0.2, 0.25) is 17.8 Å². The number of aromatic hydroxyl groups is 1. The largest absolute Gasteiger partial charge is 0.507 e. The maximum absolute atomic E-state index is 14.4. The number of likely N-dealkylation sites (tertiary alicyclic amines) is 1. The third kappa shape index (κ3) is 9.36. The molecule has 10 rings (SSSR count). The van der Waals surface area contributed by atoms with E-state index in [-0.39, 0.29) is 42.5 Å². The third-order valence-corrected chi connectivity index (χ3v) is 16.4. The number of β-amino-alcohol motifs (C(OH)–C–C–N with tert-alkyl or cyclic N) is 1. The number of carbonyl (C=O) groups excluding carboxylic acids is 2. The molecule has 0 unspecified atom stereocenters. The van der Waals surface area contributed by atoms with Crippen LogP contribution < -0.4 is 20.0 Å². The number of piperidine rings is 1. The van der Waals surface area contributed by atoms with Crippen LogP contribution in [-0.4, -0.2) is 115 Å². The van der Waals surface area contributed by atoms with Gasteiger partial charge in [0.15, 0.2) is 11.6 Å². The fraction of sp³-hybridized carbons (Fsp3) is 0.412. The minimum absolute atomic E-state index is 0.0675. The van der Waals surface area contributed by atoms with Gasteiger partial charge < -0.3 is 39.7 Å². The van der Waals surface area contributed by atoms with Gasteiger partial charge in [-0.15, -0.1) is 32.9 Å². The molecule has 3 fully saturated rings. The summed E-state index contributed by atoms with van der Waals surface area (Å²) in [5.41, 5.74) is 8.38. The van der Waals surface area contributed by atoms with Crippen molar-refractivity contribution in [2.24, 2.45) is 5.92 Å². The normalized spacial score (nSPS) is 18.9. The van der Waals surface area contributed by atoms with Gasteiger partial charge in [-0.2, -0.15) is 0 Å². The summed E-state index contributed by atoms with van der Waals surface area (Å²) in [7, 11) is 0. The van der Waals surface area contributed by atoms with Crippen LogP contribution in [0.2, 0.25) is 0 Å². The Morgan fingerprint density at radius 2 is 1.59 bits per heavy atom. The highest BCUT2D eigenvalue weighted by Crippen LogP contribution is 2.41. The summed E-state index contributed by atoms with van der Waals surface area (Å²) in [4.78, 5) is 53.7. The molecule has 3 saturated heterocycles. The highest BCUT2D eigenvalue weighted by Gasteiger charge is 2.44. The van der Waals surface area contributed by atoms with E-state index in [0.717, 1.165) is 82.6 Å². The number of hydrogen-bond acceptors (Lipinski definition) is 16. The number of fused-ring (bicyclic) bond motifs is 1. The Morgan fingerprint density at radius 1 is 0.870 bits per heavy atom. The van der Waals surface area contributed by atoms with Crippen molar-refractivity contribution in [1.82, 2.24) is 40.5 Å². The molecule has 18 heteroatoms. The number of benzene rings is 2. The molecule has 4 atom stereocenters. The van der Waals surface area contributed by atoms with Gasteiger partial charge in [-0.25, -0.2) is 15.0 Å². The van der Waals surface area contributed by atoms with Crippen LogP contribution in [-0.2, 0) is 9.59 Å². The van der Waals surface area contributed by atoms with Crippen LogP contribution in [0.25, 0.3) is 31.9 Å². The fourth-order valence-corrected chi connectivity index (χ4v) is 12.2. The first-order chi connectivity index (χ1) is 33.4. The Kier molecular flexibility index (Phi) is 13.1. The van der Waals surface area contributed by atoms with Crippen molar-refractivity contribution in [3.63, 3.8) is 0 Å². The zero-order valence-electron chi connectivity index (χ0n) is 39.4. The van der Waals surface area contributed by atoms with Crippen LogP contribution >= 0.6 is 22.7 Å². The third-order valence-electron chi connectivity index (χ3n) is 14.1. The van der Waals surface area contributed by atoms with Crippen molar-refractivity contribution in [3.05, 3.63) is 106 Å². The number of carbonyl (C=O) groups is 2. The van der Waals surface area contributed by atoms with Gasteiger partial charge in [-0.05, 0) is 80.3 Å². The van der Waals surface area contributed by atoms with E-state index < -0.39 is 18.1 Å². The quantitative estimate of drug-likeness (QED) is 0.107. The Bertz CT molecular complexity index is 2940. The molecule has 3 aliphatic heterocycles. The molecule has 16 nitrogen and oxygen atoms in total. The van der Waals surface area contributed by atoms with Gasteiger partial charge in [0.1, 0.15) is 22.5 Å². The molecule has 0 spiro atoms. The zero-order chi connectivity index (χ0) is 47.9. The molecule has 0 radical (unpaired) electrons. The van der Waals surface area contributed by atoms with Crippen LogP contribution in [0.3, 0.4) is 0 Å². The number of nitrogens with zero attached hydrogens (tertiary/aromatic N) is 10. The lowest BCUT2D eigenvalue weighted by Gasteiger charge is -2.36. The Morgan fingerprint density at radius 3 is 2.29 bits per heavy atom. The molecule has 0 saturated carbocycles. The maximum atomic E-state index is 14.4. The van der Waals surface area contributed by atoms with Gasteiger partial charge in [0.25, 0.3) is 0 Å². The molecule has 0 aliphatic carbocycles. The number of para-hydroxylation sites is 1.